The molecule has 0 aliphatic carbocycles. The van der Waals surface area contributed by atoms with Gasteiger partial charge in [-0.1, -0.05) is 36.4 Å². The number of carbonyl (C=O) groups excluding carboxylic acids is 2. The molecule has 13 heteroatoms. The van der Waals surface area contributed by atoms with E-state index in [-0.39, 0.29) is 17.9 Å². The summed E-state index contributed by atoms with van der Waals surface area (Å²) in [4.78, 5) is 30.8. The van der Waals surface area contributed by atoms with Gasteiger partial charge in [0.15, 0.2) is 5.17 Å². The van der Waals surface area contributed by atoms with Crippen molar-refractivity contribution >= 4 is 35.1 Å². The smallest absolute Gasteiger partial charge is 0.416 e. The zero-order valence-electron chi connectivity index (χ0n) is 25.8. The molecule has 0 saturated carbocycles. The highest BCUT2D eigenvalue weighted by atomic mass is 32.2. The number of quaternary nitrogens is 1. The number of carbonyl (C=O) groups is 2. The molecule has 0 saturated heterocycles. The summed E-state index contributed by atoms with van der Waals surface area (Å²) in [7, 11) is 3.30. The molecular weight excluding hydrogens is 607 g/mol. The highest BCUT2D eigenvalue weighted by Crippen LogP contribution is 2.41. The molecule has 242 valence electrons. The second kappa shape index (κ2) is 18.5. The van der Waals surface area contributed by atoms with Crippen LogP contribution in [0.1, 0.15) is 55.8 Å². The van der Waals surface area contributed by atoms with E-state index < -0.39 is 23.8 Å². The number of methoxy groups -OCH3 is 1. The Balaban J connectivity index is 0.00000166. The molecule has 0 fully saturated rings. The maximum atomic E-state index is 13.6. The first kappa shape index (κ1) is 36.9. The largest absolute Gasteiger partial charge is 0.471 e. The Morgan fingerprint density at radius 3 is 2.47 bits per heavy atom. The van der Waals surface area contributed by atoms with Crippen molar-refractivity contribution in [3.8, 4) is 6.07 Å². The molecule has 2 aromatic carbocycles. The number of nitriles is 1. The van der Waals surface area contributed by atoms with Gasteiger partial charge in [0.25, 0.3) is 6.47 Å². The highest BCUT2D eigenvalue weighted by Gasteiger charge is 2.36. The van der Waals surface area contributed by atoms with Crippen LogP contribution in [0.25, 0.3) is 0 Å². The number of hydrogen-bond donors (Lipinski definition) is 1. The number of rotatable bonds is 12. The van der Waals surface area contributed by atoms with Crippen molar-refractivity contribution < 1.29 is 38.0 Å². The van der Waals surface area contributed by atoms with Crippen LogP contribution in [-0.2, 0) is 25.2 Å². The Bertz CT molecular complexity index is 1400. The van der Waals surface area contributed by atoms with Crippen LogP contribution in [-0.4, -0.2) is 55.6 Å². The molecule has 1 unspecified atom stereocenters. The van der Waals surface area contributed by atoms with Gasteiger partial charge in [0.1, 0.15) is 12.2 Å². The van der Waals surface area contributed by atoms with E-state index in [0.29, 0.717) is 34.2 Å². The van der Waals surface area contributed by atoms with Crippen LogP contribution < -0.4 is 10.6 Å². The zero-order valence-corrected chi connectivity index (χ0v) is 26.7. The van der Waals surface area contributed by atoms with E-state index in [9.17, 15) is 23.2 Å². The van der Waals surface area contributed by atoms with Crippen molar-refractivity contribution in [1.82, 2.24) is 4.90 Å². The number of esters is 1. The third-order valence-corrected chi connectivity index (χ3v) is 7.59. The van der Waals surface area contributed by atoms with Gasteiger partial charge < -0.3 is 20.1 Å². The van der Waals surface area contributed by atoms with Crippen molar-refractivity contribution in [2.24, 2.45) is 4.99 Å². The first-order valence-electron chi connectivity index (χ1n) is 14.2. The molecule has 45 heavy (non-hydrogen) atoms. The van der Waals surface area contributed by atoms with Crippen molar-refractivity contribution in [1.29, 1.82) is 5.26 Å². The second-order valence-corrected chi connectivity index (χ2v) is 10.8. The molecule has 1 aliphatic heterocycles. The molecular formula is C32H39F3N5O4S+. The minimum atomic E-state index is -4.53. The number of unbranched alkanes of at least 4 members (excludes halogenated alkanes) is 2. The minimum absolute atomic E-state index is 0.129. The van der Waals surface area contributed by atoms with Gasteiger partial charge in [0.2, 0.25) is 0 Å². The quantitative estimate of drug-likeness (QED) is 0.178. The van der Waals surface area contributed by atoms with Crippen LogP contribution in [0.5, 0.6) is 0 Å². The summed E-state index contributed by atoms with van der Waals surface area (Å²) in [6.07, 6.45) is 1.93. The summed E-state index contributed by atoms with van der Waals surface area (Å²) < 4.78 is 50.1. The number of allylic oxidation sites excluding steroid dienone is 1. The van der Waals surface area contributed by atoms with Gasteiger partial charge in [0, 0.05) is 30.7 Å². The van der Waals surface area contributed by atoms with Gasteiger partial charge in [-0.2, -0.15) is 18.4 Å². The van der Waals surface area contributed by atoms with Crippen LogP contribution in [0.2, 0.25) is 0 Å². The number of hydrogen-bond acceptors (Lipinski definition) is 9. The molecule has 9 nitrogen and oxygen atoms in total. The monoisotopic (exact) mass is 646 g/mol. The Morgan fingerprint density at radius 2 is 1.89 bits per heavy atom. The van der Waals surface area contributed by atoms with Crippen LogP contribution in [0.15, 0.2) is 77.2 Å². The first-order chi connectivity index (χ1) is 21.5. The van der Waals surface area contributed by atoms with E-state index in [1.165, 1.54) is 24.9 Å². The maximum Gasteiger partial charge on any atom is 0.416 e. The zero-order chi connectivity index (χ0) is 33.4. The van der Waals surface area contributed by atoms with Crippen LogP contribution in [0.3, 0.4) is 0 Å². The third-order valence-electron chi connectivity index (χ3n) is 6.55. The summed E-state index contributed by atoms with van der Waals surface area (Å²) in [5.74, 6) is 0.0928. The van der Waals surface area contributed by atoms with Gasteiger partial charge in [-0.3, -0.25) is 9.69 Å². The number of halogens is 3. The summed E-state index contributed by atoms with van der Waals surface area (Å²) in [5, 5.41) is 9.72. The predicted octanol–water partition coefficient (Wildman–Crippen LogP) is 5.67. The topological polar surface area (TPSA) is 123 Å². The SMILES string of the molecule is CCOC(=O)C1=C(C)N(c2cccc(C(F)(F)F)c2)C(SCCCCCN(C)/C=C\[NH3+])=NC1c1ccc(C#N)cc1.COC=O. The van der Waals surface area contributed by atoms with E-state index in [1.807, 2.05) is 13.2 Å². The standard InChI is InChI=1S/C30H34F3N5O2S.C2H4O2/c1-4-40-28(39)26-21(2)38(25-10-8-9-24(19-25)30(31,32)33)29(41-18-7-5-6-16-37(3)17-15-34)36-27(26)23-13-11-22(20-35)12-14-23;1-4-2-3/h8-15,17,19,27H,4-7,16,18,34H2,1-3H3;2H,1H3/p+1/b17-15-;. The van der Waals surface area contributed by atoms with Crippen LogP contribution in [0, 0.1) is 11.3 Å². The number of nitrogens with zero attached hydrogens (tertiary/aromatic N) is 4. The fourth-order valence-electron chi connectivity index (χ4n) is 4.43. The minimum Gasteiger partial charge on any atom is -0.471 e. The van der Waals surface area contributed by atoms with E-state index in [1.54, 1.807) is 55.3 Å². The van der Waals surface area contributed by atoms with E-state index in [0.717, 1.165) is 37.9 Å². The average molecular weight is 647 g/mol. The predicted molar refractivity (Wildman–Crippen MR) is 169 cm³/mol. The fraction of sp³-hybridized carbons (Fsp3) is 0.375. The van der Waals surface area contributed by atoms with Gasteiger partial charge in [0.05, 0.1) is 42.7 Å². The average Bonchev–Trinajstić information content (AvgIpc) is 3.02. The molecule has 0 amide bonds. The summed E-state index contributed by atoms with van der Waals surface area (Å²) in [5.41, 5.74) is 4.98. The Kier molecular flexibility index (Phi) is 15.2. The van der Waals surface area contributed by atoms with Crippen molar-refractivity contribution in [2.45, 2.75) is 45.3 Å². The summed E-state index contributed by atoms with van der Waals surface area (Å²) >= 11 is 1.44. The van der Waals surface area contributed by atoms with Gasteiger partial charge >= 0.3 is 12.1 Å². The van der Waals surface area contributed by atoms with Crippen molar-refractivity contribution in [3.63, 3.8) is 0 Å². The molecule has 0 spiro atoms. The second-order valence-electron chi connectivity index (χ2n) is 9.76. The number of alkyl halides is 3. The van der Waals surface area contributed by atoms with Crippen LogP contribution in [0.4, 0.5) is 18.9 Å². The molecule has 0 radical (unpaired) electrons. The van der Waals surface area contributed by atoms with Crippen molar-refractivity contribution in [2.75, 3.05) is 38.0 Å². The normalized spacial score (nSPS) is 14.7. The molecule has 2 aromatic rings. The number of anilines is 1. The van der Waals surface area contributed by atoms with Gasteiger partial charge in [-0.25, -0.2) is 9.79 Å². The Hall–Kier alpha value is -4.28. The molecule has 0 bridgehead atoms. The number of thioether (sulfide) groups is 1. The number of amidine groups is 1. The van der Waals surface area contributed by atoms with E-state index >= 15 is 0 Å². The number of aliphatic imine (C=N–C) groups is 1. The summed E-state index contributed by atoms with van der Waals surface area (Å²) in [6, 6.07) is 13.1. The van der Waals surface area contributed by atoms with Crippen molar-refractivity contribution in [3.05, 3.63) is 88.9 Å². The molecule has 3 N–H and O–H groups in total. The molecule has 1 aliphatic rings. The third kappa shape index (κ3) is 11.0. The number of benzene rings is 2. The van der Waals surface area contributed by atoms with Gasteiger partial charge in [-0.05, 0) is 62.6 Å². The Morgan fingerprint density at radius 1 is 1.20 bits per heavy atom. The fourth-order valence-corrected chi connectivity index (χ4v) is 5.51. The lowest BCUT2D eigenvalue weighted by Gasteiger charge is -2.35. The molecule has 1 heterocycles. The molecule has 1 atom stereocenters. The lowest BCUT2D eigenvalue weighted by atomic mass is 9.95. The summed E-state index contributed by atoms with van der Waals surface area (Å²) in [6.45, 7) is 4.78. The van der Waals surface area contributed by atoms with Gasteiger partial charge in [-0.15, -0.1) is 0 Å². The maximum absolute atomic E-state index is 13.6. The lowest BCUT2D eigenvalue weighted by molar-refractivity contribution is -0.276. The molecule has 3 rings (SSSR count). The van der Waals surface area contributed by atoms with E-state index in [4.69, 9.17) is 14.5 Å². The lowest BCUT2D eigenvalue weighted by Crippen LogP contribution is -2.40. The first-order valence-corrected chi connectivity index (χ1v) is 15.2. The Labute approximate surface area is 266 Å². The molecule has 0 aromatic heterocycles. The van der Waals surface area contributed by atoms with E-state index in [2.05, 4.69) is 21.4 Å². The van der Waals surface area contributed by atoms with Crippen LogP contribution >= 0.6 is 11.8 Å². The highest BCUT2D eigenvalue weighted by molar-refractivity contribution is 8.14. The number of ether oxygens (including phenoxy) is 2.